The largest absolute Gasteiger partial charge is 0.204 e. The third-order valence-electron chi connectivity index (χ3n) is 4.85. The zero-order valence-electron chi connectivity index (χ0n) is 12.4. The van der Waals surface area contributed by atoms with E-state index in [0.717, 1.165) is 6.42 Å². The summed E-state index contributed by atoms with van der Waals surface area (Å²) in [6.45, 7) is 4.76. The molecule has 0 saturated carbocycles. The number of hydrogen-bond acceptors (Lipinski definition) is 1. The summed E-state index contributed by atoms with van der Waals surface area (Å²) in [7, 11) is 1.54. The normalized spacial score (nSPS) is 18.1. The van der Waals surface area contributed by atoms with Crippen molar-refractivity contribution in [3.05, 3.63) is 35.7 Å². The second-order valence-corrected chi connectivity index (χ2v) is 10.1. The SMILES string of the molecule is CCc1c2sc3cc4c(cc3c2cc[n+]1C)CC[SiH]4C. The topological polar surface area (TPSA) is 3.88 Å². The first-order chi connectivity index (χ1) is 9.69. The molecule has 2 aromatic heterocycles. The van der Waals surface area contributed by atoms with Crippen molar-refractivity contribution in [3.63, 3.8) is 0 Å². The molecule has 1 atom stereocenters. The fourth-order valence-corrected chi connectivity index (χ4v) is 7.52. The van der Waals surface area contributed by atoms with E-state index in [1.165, 1.54) is 38.3 Å². The van der Waals surface area contributed by atoms with Crippen LogP contribution in [0, 0.1) is 0 Å². The minimum absolute atomic E-state index is 0.627. The summed E-state index contributed by atoms with van der Waals surface area (Å²) in [5, 5.41) is 4.68. The molecule has 3 heterocycles. The highest BCUT2D eigenvalue weighted by molar-refractivity contribution is 7.26. The van der Waals surface area contributed by atoms with Gasteiger partial charge in [0.05, 0.1) is 8.80 Å². The van der Waals surface area contributed by atoms with E-state index in [0.29, 0.717) is 0 Å². The first-order valence-corrected chi connectivity index (χ1v) is 10.9. The van der Waals surface area contributed by atoms with Gasteiger partial charge in [-0.25, -0.2) is 4.57 Å². The Morgan fingerprint density at radius 1 is 1.30 bits per heavy atom. The van der Waals surface area contributed by atoms with Crippen molar-refractivity contribution in [2.24, 2.45) is 7.05 Å². The number of rotatable bonds is 1. The quantitative estimate of drug-likeness (QED) is 0.480. The maximum absolute atomic E-state index is 2.53. The van der Waals surface area contributed by atoms with Gasteiger partial charge in [-0.1, -0.05) is 24.7 Å². The van der Waals surface area contributed by atoms with E-state index in [2.05, 4.69) is 49.5 Å². The molecule has 4 rings (SSSR count). The molecule has 102 valence electrons. The van der Waals surface area contributed by atoms with E-state index in [-0.39, 0.29) is 0 Å². The Balaban J connectivity index is 2.11. The van der Waals surface area contributed by atoms with Crippen molar-refractivity contribution >= 4 is 45.5 Å². The Labute approximate surface area is 125 Å². The van der Waals surface area contributed by atoms with Crippen LogP contribution in [0.3, 0.4) is 0 Å². The van der Waals surface area contributed by atoms with Crippen molar-refractivity contribution < 1.29 is 4.57 Å². The smallest absolute Gasteiger partial charge is 0.198 e. The van der Waals surface area contributed by atoms with Gasteiger partial charge in [-0.05, 0) is 24.1 Å². The average molecular weight is 299 g/mol. The maximum atomic E-state index is 2.53. The van der Waals surface area contributed by atoms with Gasteiger partial charge in [0.1, 0.15) is 11.7 Å². The van der Waals surface area contributed by atoms with Crippen LogP contribution in [-0.4, -0.2) is 8.80 Å². The highest BCUT2D eigenvalue weighted by Gasteiger charge is 2.22. The first kappa shape index (κ1) is 12.5. The minimum atomic E-state index is -0.627. The molecule has 0 bridgehead atoms. The molecule has 3 aromatic rings. The minimum Gasteiger partial charge on any atom is -0.204 e. The summed E-state index contributed by atoms with van der Waals surface area (Å²) in [6.07, 6.45) is 4.64. The summed E-state index contributed by atoms with van der Waals surface area (Å²) < 4.78 is 5.27. The van der Waals surface area contributed by atoms with E-state index < -0.39 is 8.80 Å². The van der Waals surface area contributed by atoms with Gasteiger partial charge in [0.2, 0.25) is 0 Å². The van der Waals surface area contributed by atoms with Gasteiger partial charge in [0.25, 0.3) is 0 Å². The van der Waals surface area contributed by atoms with Crippen LogP contribution in [0.25, 0.3) is 20.2 Å². The molecule has 0 saturated heterocycles. The van der Waals surface area contributed by atoms with Crippen LogP contribution in [0.2, 0.25) is 12.6 Å². The molecule has 0 N–H and O–H groups in total. The number of aromatic nitrogens is 1. The lowest BCUT2D eigenvalue weighted by Crippen LogP contribution is -2.32. The summed E-state index contributed by atoms with van der Waals surface area (Å²) in [5.41, 5.74) is 3.11. The molecule has 1 aromatic carbocycles. The molecular weight excluding hydrogens is 278 g/mol. The van der Waals surface area contributed by atoms with Gasteiger partial charge in [-0.15, -0.1) is 11.3 Å². The van der Waals surface area contributed by atoms with Gasteiger partial charge >= 0.3 is 0 Å². The number of hydrogen-bond donors (Lipinski definition) is 0. The van der Waals surface area contributed by atoms with E-state index in [4.69, 9.17) is 0 Å². The van der Waals surface area contributed by atoms with Gasteiger partial charge in [0.15, 0.2) is 11.9 Å². The van der Waals surface area contributed by atoms with Crippen LogP contribution in [-0.2, 0) is 19.9 Å². The lowest BCUT2D eigenvalue weighted by Gasteiger charge is -2.03. The van der Waals surface area contributed by atoms with Gasteiger partial charge in [0, 0.05) is 28.0 Å². The fraction of sp³-hybridized carbons (Fsp3) is 0.353. The van der Waals surface area contributed by atoms with Crippen molar-refractivity contribution in [1.82, 2.24) is 0 Å². The summed E-state index contributed by atoms with van der Waals surface area (Å²) >= 11 is 2.00. The molecule has 20 heavy (non-hydrogen) atoms. The second-order valence-electron chi connectivity index (χ2n) is 6.06. The van der Waals surface area contributed by atoms with Crippen molar-refractivity contribution in [1.29, 1.82) is 0 Å². The second kappa shape index (κ2) is 4.40. The Kier molecular flexibility index (Phi) is 2.76. The monoisotopic (exact) mass is 298 g/mol. The number of thiophene rings is 1. The molecule has 3 heteroatoms. The molecule has 1 nitrogen and oxygen atoms in total. The van der Waals surface area contributed by atoms with Crippen molar-refractivity contribution in [3.8, 4) is 0 Å². The van der Waals surface area contributed by atoms with Crippen LogP contribution in [0.1, 0.15) is 18.2 Å². The molecule has 0 radical (unpaired) electrons. The van der Waals surface area contributed by atoms with E-state index in [1.807, 2.05) is 11.3 Å². The maximum Gasteiger partial charge on any atom is 0.198 e. The van der Waals surface area contributed by atoms with E-state index >= 15 is 0 Å². The number of pyridine rings is 1. The first-order valence-electron chi connectivity index (χ1n) is 7.55. The fourth-order valence-electron chi connectivity index (χ4n) is 3.65. The van der Waals surface area contributed by atoms with Crippen LogP contribution >= 0.6 is 11.3 Å². The number of benzene rings is 1. The lowest BCUT2D eigenvalue weighted by molar-refractivity contribution is -0.677. The van der Waals surface area contributed by atoms with Crippen LogP contribution < -0.4 is 9.75 Å². The zero-order chi connectivity index (χ0) is 13.9. The standard InChI is InChI=1S/C17H20NSSi/c1-4-14-17-12(5-7-18(14)2)13-9-11-6-8-20(3)16(11)10-15(13)19-17/h5,7,9-10,20H,4,6,8H2,1-3H3/q+1. The Hall–Kier alpha value is -1.19. The van der Waals surface area contributed by atoms with E-state index in [1.54, 1.807) is 10.8 Å². The lowest BCUT2D eigenvalue weighted by atomic mass is 10.1. The Morgan fingerprint density at radius 2 is 2.15 bits per heavy atom. The van der Waals surface area contributed by atoms with Crippen LogP contribution in [0.4, 0.5) is 0 Å². The average Bonchev–Trinajstić information content (AvgIpc) is 2.98. The van der Waals surface area contributed by atoms with Gasteiger partial charge in [-0.2, -0.15) is 0 Å². The Bertz CT molecular complexity index is 834. The predicted octanol–water partition coefficient (Wildman–Crippen LogP) is 3.06. The number of aryl methyl sites for hydroxylation is 3. The molecule has 1 aliphatic rings. The molecule has 0 amide bonds. The number of fused-ring (bicyclic) bond motifs is 4. The summed E-state index contributed by atoms with van der Waals surface area (Å²) in [5.74, 6) is 0. The highest BCUT2D eigenvalue weighted by atomic mass is 32.1. The van der Waals surface area contributed by atoms with Crippen molar-refractivity contribution in [2.75, 3.05) is 0 Å². The van der Waals surface area contributed by atoms with Gasteiger partial charge in [-0.3, -0.25) is 0 Å². The molecular formula is C17H20NSSi+. The highest BCUT2D eigenvalue weighted by Crippen LogP contribution is 2.36. The predicted molar refractivity (Wildman–Crippen MR) is 91.0 cm³/mol. The van der Waals surface area contributed by atoms with E-state index in [9.17, 15) is 0 Å². The third kappa shape index (κ3) is 1.63. The van der Waals surface area contributed by atoms with Gasteiger partial charge < -0.3 is 0 Å². The van der Waals surface area contributed by atoms with Crippen molar-refractivity contribution in [2.45, 2.75) is 32.4 Å². The third-order valence-corrected chi connectivity index (χ3v) is 8.82. The molecule has 1 unspecified atom stereocenters. The van der Waals surface area contributed by atoms with Crippen LogP contribution in [0.5, 0.6) is 0 Å². The molecule has 0 spiro atoms. The zero-order valence-corrected chi connectivity index (χ0v) is 14.3. The Morgan fingerprint density at radius 3 is 2.95 bits per heavy atom. The molecule has 1 aliphatic heterocycles. The summed E-state index contributed by atoms with van der Waals surface area (Å²) in [4.78, 5) is 0. The number of nitrogens with zero attached hydrogens (tertiary/aromatic N) is 1. The summed E-state index contributed by atoms with van der Waals surface area (Å²) in [6, 6.07) is 8.79. The molecule has 0 aliphatic carbocycles. The van der Waals surface area contributed by atoms with Crippen LogP contribution in [0.15, 0.2) is 24.4 Å². The molecule has 0 fully saturated rings.